The van der Waals surface area contributed by atoms with Crippen LogP contribution in [0.5, 0.6) is 0 Å². The molecule has 4 nitrogen and oxygen atoms in total. The van der Waals surface area contributed by atoms with Crippen LogP contribution < -0.4 is 0 Å². The number of rotatable bonds is 3. The molecule has 0 amide bonds. The molecule has 21 heavy (non-hydrogen) atoms. The molecule has 0 atom stereocenters. The summed E-state index contributed by atoms with van der Waals surface area (Å²) in [4.78, 5) is 20.4. The largest absolute Gasteiger partial charge is 0.457 e. The summed E-state index contributed by atoms with van der Waals surface area (Å²) in [6.07, 6.45) is 3.22. The minimum atomic E-state index is -0.370. The molecular weight excluding hydrogens is 332 g/mol. The smallest absolute Gasteiger partial charge is 0.338 e. The quantitative estimate of drug-likeness (QED) is 0.680. The molecule has 3 rings (SSSR count). The zero-order valence-electron chi connectivity index (χ0n) is 11.0. The highest BCUT2D eigenvalue weighted by Crippen LogP contribution is 2.14. The van der Waals surface area contributed by atoms with Crippen molar-refractivity contribution >= 4 is 32.9 Å². The number of fused-ring (bicyclic) bond motifs is 1. The number of carbonyl (C=O) groups is 1. The minimum Gasteiger partial charge on any atom is -0.457 e. The second-order valence-electron chi connectivity index (χ2n) is 4.46. The van der Waals surface area contributed by atoms with E-state index in [9.17, 15) is 4.79 Å². The van der Waals surface area contributed by atoms with E-state index in [4.69, 9.17) is 4.74 Å². The summed E-state index contributed by atoms with van der Waals surface area (Å²) in [7, 11) is 0. The summed E-state index contributed by atoms with van der Waals surface area (Å²) < 4.78 is 6.29. The van der Waals surface area contributed by atoms with E-state index < -0.39 is 0 Å². The van der Waals surface area contributed by atoms with Gasteiger partial charge in [-0.25, -0.2) is 4.79 Å². The van der Waals surface area contributed by atoms with Crippen LogP contribution in [-0.2, 0) is 11.3 Å². The molecule has 1 heterocycles. The molecule has 0 spiro atoms. The molecule has 2 aromatic carbocycles. The van der Waals surface area contributed by atoms with Crippen LogP contribution in [-0.4, -0.2) is 15.9 Å². The van der Waals surface area contributed by atoms with Gasteiger partial charge in [-0.3, -0.25) is 9.97 Å². The van der Waals surface area contributed by atoms with Crippen molar-refractivity contribution in [2.75, 3.05) is 0 Å². The van der Waals surface area contributed by atoms with E-state index in [0.717, 1.165) is 15.6 Å². The molecule has 0 aliphatic heterocycles. The highest BCUT2D eigenvalue weighted by molar-refractivity contribution is 9.10. The Balaban J connectivity index is 1.73. The first-order valence-corrected chi connectivity index (χ1v) is 7.14. The second-order valence-corrected chi connectivity index (χ2v) is 5.38. The minimum absolute atomic E-state index is 0.241. The third kappa shape index (κ3) is 3.25. The highest BCUT2D eigenvalue weighted by atomic mass is 79.9. The van der Waals surface area contributed by atoms with Gasteiger partial charge in [0.2, 0.25) is 0 Å². The van der Waals surface area contributed by atoms with Gasteiger partial charge in [-0.15, -0.1) is 0 Å². The number of nitrogens with zero attached hydrogens (tertiary/aromatic N) is 2. The van der Waals surface area contributed by atoms with Crippen LogP contribution in [0.2, 0.25) is 0 Å². The zero-order valence-corrected chi connectivity index (χ0v) is 12.6. The lowest BCUT2D eigenvalue weighted by molar-refractivity contribution is 0.0473. The van der Waals surface area contributed by atoms with Gasteiger partial charge in [0.05, 0.1) is 16.6 Å². The molecule has 0 unspecified atom stereocenters. The number of carbonyl (C=O) groups excluding carboxylic acids is 1. The van der Waals surface area contributed by atoms with E-state index >= 15 is 0 Å². The molecule has 0 aliphatic rings. The first-order chi connectivity index (χ1) is 10.2. The molecule has 0 N–H and O–H groups in total. The Morgan fingerprint density at radius 3 is 2.48 bits per heavy atom. The number of benzene rings is 2. The maximum absolute atomic E-state index is 12.0. The summed E-state index contributed by atoms with van der Waals surface area (Å²) >= 11 is 3.36. The molecule has 5 heteroatoms. The fraction of sp³-hybridized carbons (Fsp3) is 0.0625. The van der Waals surface area contributed by atoms with E-state index in [1.807, 2.05) is 24.3 Å². The Bertz CT molecular complexity index is 788. The summed E-state index contributed by atoms with van der Waals surface area (Å²) in [6.45, 7) is 0.241. The molecule has 0 aliphatic carbocycles. The van der Waals surface area contributed by atoms with Crippen molar-refractivity contribution in [2.24, 2.45) is 0 Å². The topological polar surface area (TPSA) is 52.1 Å². The van der Waals surface area contributed by atoms with Crippen LogP contribution in [0.15, 0.2) is 59.3 Å². The van der Waals surface area contributed by atoms with Crippen molar-refractivity contribution in [2.45, 2.75) is 6.61 Å². The number of halogens is 1. The molecule has 104 valence electrons. The van der Waals surface area contributed by atoms with Gasteiger partial charge in [0.15, 0.2) is 0 Å². The van der Waals surface area contributed by atoms with Crippen molar-refractivity contribution in [1.82, 2.24) is 9.97 Å². The maximum atomic E-state index is 12.0. The normalized spacial score (nSPS) is 10.5. The number of aromatic nitrogens is 2. The van der Waals surface area contributed by atoms with E-state index in [2.05, 4.69) is 25.9 Å². The van der Waals surface area contributed by atoms with Gasteiger partial charge in [-0.1, -0.05) is 28.1 Å². The fourth-order valence-electron chi connectivity index (χ4n) is 1.90. The van der Waals surface area contributed by atoms with Crippen molar-refractivity contribution in [3.63, 3.8) is 0 Å². The predicted octanol–water partition coefficient (Wildman–Crippen LogP) is 3.75. The lowest BCUT2D eigenvalue weighted by atomic mass is 10.2. The van der Waals surface area contributed by atoms with Gasteiger partial charge in [-0.05, 0) is 35.9 Å². The second kappa shape index (κ2) is 6.01. The van der Waals surface area contributed by atoms with Gasteiger partial charge in [0, 0.05) is 16.9 Å². The Labute approximate surface area is 129 Å². The van der Waals surface area contributed by atoms with Gasteiger partial charge < -0.3 is 4.74 Å². The van der Waals surface area contributed by atoms with Crippen molar-refractivity contribution < 1.29 is 9.53 Å². The summed E-state index contributed by atoms with van der Waals surface area (Å²) in [5.74, 6) is -0.370. The third-order valence-electron chi connectivity index (χ3n) is 2.99. The third-order valence-corrected chi connectivity index (χ3v) is 3.52. The van der Waals surface area contributed by atoms with E-state index in [-0.39, 0.29) is 12.6 Å². The monoisotopic (exact) mass is 342 g/mol. The van der Waals surface area contributed by atoms with E-state index in [1.165, 1.54) is 0 Å². The van der Waals surface area contributed by atoms with Crippen LogP contribution in [0.3, 0.4) is 0 Å². The summed E-state index contributed by atoms with van der Waals surface area (Å²) in [6, 6.07) is 12.8. The van der Waals surface area contributed by atoms with E-state index in [0.29, 0.717) is 11.1 Å². The van der Waals surface area contributed by atoms with Crippen LogP contribution in [0.25, 0.3) is 11.0 Å². The molecule has 0 saturated heterocycles. The van der Waals surface area contributed by atoms with Crippen LogP contribution in [0.4, 0.5) is 0 Å². The fourth-order valence-corrected chi connectivity index (χ4v) is 2.17. The number of hydrogen-bond acceptors (Lipinski definition) is 4. The standard InChI is InChI=1S/C16H11BrN2O2/c17-13-4-1-11(2-5-13)10-21-16(20)12-3-6-14-15(9-12)19-8-7-18-14/h1-9H,10H2. The Hall–Kier alpha value is -2.27. The van der Waals surface area contributed by atoms with Gasteiger partial charge >= 0.3 is 5.97 Å². The number of ether oxygens (including phenoxy) is 1. The first-order valence-electron chi connectivity index (χ1n) is 6.35. The molecule has 0 bridgehead atoms. The Kier molecular flexibility index (Phi) is 3.92. The van der Waals surface area contributed by atoms with Crippen LogP contribution >= 0.6 is 15.9 Å². The molecule has 0 saturated carbocycles. The molecule has 0 radical (unpaired) electrons. The highest BCUT2D eigenvalue weighted by Gasteiger charge is 2.09. The lowest BCUT2D eigenvalue weighted by Crippen LogP contribution is -2.05. The molecular formula is C16H11BrN2O2. The molecule has 0 fully saturated rings. The zero-order chi connectivity index (χ0) is 14.7. The van der Waals surface area contributed by atoms with Crippen LogP contribution in [0, 0.1) is 0 Å². The summed E-state index contributed by atoms with van der Waals surface area (Å²) in [5.41, 5.74) is 2.84. The van der Waals surface area contributed by atoms with Gasteiger partial charge in [0.25, 0.3) is 0 Å². The molecule has 1 aromatic heterocycles. The molecule has 3 aromatic rings. The number of esters is 1. The summed E-state index contributed by atoms with van der Waals surface area (Å²) in [5, 5.41) is 0. The SMILES string of the molecule is O=C(OCc1ccc(Br)cc1)c1ccc2nccnc2c1. The van der Waals surface area contributed by atoms with Crippen molar-refractivity contribution in [3.05, 3.63) is 70.5 Å². The predicted molar refractivity (Wildman–Crippen MR) is 82.8 cm³/mol. The lowest BCUT2D eigenvalue weighted by Gasteiger charge is -2.05. The average Bonchev–Trinajstić information content (AvgIpc) is 2.53. The Morgan fingerprint density at radius 2 is 1.71 bits per heavy atom. The van der Waals surface area contributed by atoms with Crippen molar-refractivity contribution in [1.29, 1.82) is 0 Å². The Morgan fingerprint density at radius 1 is 1.00 bits per heavy atom. The van der Waals surface area contributed by atoms with E-state index in [1.54, 1.807) is 30.6 Å². The van der Waals surface area contributed by atoms with Gasteiger partial charge in [0.1, 0.15) is 6.61 Å². The van der Waals surface area contributed by atoms with Gasteiger partial charge in [-0.2, -0.15) is 0 Å². The van der Waals surface area contributed by atoms with Crippen LogP contribution in [0.1, 0.15) is 15.9 Å². The first kappa shape index (κ1) is 13.7. The maximum Gasteiger partial charge on any atom is 0.338 e. The van der Waals surface area contributed by atoms with Crippen molar-refractivity contribution in [3.8, 4) is 0 Å². The average molecular weight is 343 g/mol. The number of hydrogen-bond donors (Lipinski definition) is 0.